The Hall–Kier alpha value is -2.09. The Morgan fingerprint density at radius 1 is 1.12 bits per heavy atom. The maximum absolute atomic E-state index is 12.0. The predicted molar refractivity (Wildman–Crippen MR) is 89.1 cm³/mol. The van der Waals surface area contributed by atoms with Crippen molar-refractivity contribution in [1.29, 1.82) is 0 Å². The zero-order chi connectivity index (χ0) is 17.5. The van der Waals surface area contributed by atoms with Gasteiger partial charge in [-0.05, 0) is 37.1 Å². The van der Waals surface area contributed by atoms with Crippen molar-refractivity contribution >= 4 is 33.7 Å². The minimum atomic E-state index is -0.613. The van der Waals surface area contributed by atoms with Crippen LogP contribution in [0.2, 0.25) is 0 Å². The number of carbonyl (C=O) groups is 3. The fourth-order valence-electron chi connectivity index (χ4n) is 2.36. The number of hydrogen-bond donors (Lipinski definition) is 1. The molecule has 1 fully saturated rings. The number of hydrogen-bond acceptors (Lipinski definition) is 5. The molecule has 0 aliphatic carbocycles. The van der Waals surface area contributed by atoms with Crippen LogP contribution in [-0.4, -0.2) is 49.0 Å². The first-order valence-corrected chi connectivity index (χ1v) is 8.36. The number of primary amides is 1. The second-order valence-electron chi connectivity index (χ2n) is 5.46. The van der Waals surface area contributed by atoms with Crippen LogP contribution in [0.4, 0.5) is 0 Å². The molecule has 2 N–H and O–H groups in total. The van der Waals surface area contributed by atoms with Gasteiger partial charge < -0.3 is 20.1 Å². The van der Waals surface area contributed by atoms with E-state index in [4.69, 9.17) is 15.2 Å². The first-order chi connectivity index (χ1) is 11.5. The highest BCUT2D eigenvalue weighted by Gasteiger charge is 2.26. The van der Waals surface area contributed by atoms with E-state index in [-0.39, 0.29) is 30.9 Å². The van der Waals surface area contributed by atoms with Crippen molar-refractivity contribution in [3.8, 4) is 5.75 Å². The summed E-state index contributed by atoms with van der Waals surface area (Å²) in [6.07, 6.45) is 1.09. The van der Waals surface area contributed by atoms with Crippen molar-refractivity contribution in [3.05, 3.63) is 28.7 Å². The maximum atomic E-state index is 12.0. The van der Waals surface area contributed by atoms with Gasteiger partial charge in [-0.15, -0.1) is 0 Å². The molecule has 0 radical (unpaired) electrons. The van der Waals surface area contributed by atoms with Gasteiger partial charge in [0, 0.05) is 23.5 Å². The van der Waals surface area contributed by atoms with Gasteiger partial charge in [0.05, 0.1) is 0 Å². The van der Waals surface area contributed by atoms with Crippen LogP contribution in [0.1, 0.15) is 12.8 Å². The Morgan fingerprint density at radius 2 is 1.75 bits per heavy atom. The number of ether oxygens (including phenoxy) is 2. The monoisotopic (exact) mass is 398 g/mol. The van der Waals surface area contributed by atoms with Crippen LogP contribution in [0.3, 0.4) is 0 Å². The highest BCUT2D eigenvalue weighted by atomic mass is 79.9. The van der Waals surface area contributed by atoms with E-state index in [0.717, 1.165) is 4.47 Å². The average Bonchev–Trinajstić information content (AvgIpc) is 2.59. The summed E-state index contributed by atoms with van der Waals surface area (Å²) in [5.41, 5.74) is 5.25. The Morgan fingerprint density at radius 3 is 2.33 bits per heavy atom. The highest BCUT2D eigenvalue weighted by molar-refractivity contribution is 9.10. The molecule has 1 saturated heterocycles. The van der Waals surface area contributed by atoms with E-state index in [0.29, 0.717) is 31.7 Å². The Bertz CT molecular complexity index is 597. The lowest BCUT2D eigenvalue weighted by molar-refractivity contribution is -0.154. The molecule has 1 heterocycles. The van der Waals surface area contributed by atoms with Crippen LogP contribution in [0.15, 0.2) is 28.7 Å². The number of benzene rings is 1. The molecular formula is C16H19BrN2O5. The third-order valence-electron chi connectivity index (χ3n) is 3.78. The number of rotatable bonds is 6. The van der Waals surface area contributed by atoms with Gasteiger partial charge >= 0.3 is 5.97 Å². The molecule has 2 rings (SSSR count). The van der Waals surface area contributed by atoms with Gasteiger partial charge in [0.2, 0.25) is 5.91 Å². The fraction of sp³-hybridized carbons (Fsp3) is 0.438. The van der Waals surface area contributed by atoms with Gasteiger partial charge in [-0.2, -0.15) is 0 Å². The first-order valence-electron chi connectivity index (χ1n) is 7.57. The van der Waals surface area contributed by atoms with Crippen molar-refractivity contribution in [1.82, 2.24) is 4.90 Å². The molecule has 1 aliphatic rings. The Labute approximate surface area is 148 Å². The van der Waals surface area contributed by atoms with E-state index in [1.54, 1.807) is 29.2 Å². The summed E-state index contributed by atoms with van der Waals surface area (Å²) in [5, 5.41) is 0. The van der Waals surface area contributed by atoms with Crippen molar-refractivity contribution in [2.75, 3.05) is 26.3 Å². The van der Waals surface area contributed by atoms with Gasteiger partial charge in [-0.25, -0.2) is 4.79 Å². The lowest BCUT2D eigenvalue weighted by Crippen LogP contribution is -2.43. The quantitative estimate of drug-likeness (QED) is 0.723. The van der Waals surface area contributed by atoms with E-state index in [2.05, 4.69) is 15.9 Å². The minimum absolute atomic E-state index is 0.184. The van der Waals surface area contributed by atoms with Gasteiger partial charge in [0.25, 0.3) is 5.91 Å². The van der Waals surface area contributed by atoms with E-state index in [1.165, 1.54) is 0 Å². The SMILES string of the molecule is NC(=O)C1CCN(C(=O)COC(=O)COc2ccc(Br)cc2)CC1. The molecule has 0 atom stereocenters. The zero-order valence-electron chi connectivity index (χ0n) is 13.1. The minimum Gasteiger partial charge on any atom is -0.482 e. The molecule has 2 amide bonds. The second kappa shape index (κ2) is 8.68. The molecule has 24 heavy (non-hydrogen) atoms. The maximum Gasteiger partial charge on any atom is 0.344 e. The standard InChI is InChI=1S/C16H19BrN2O5/c17-12-1-3-13(4-2-12)23-10-15(21)24-9-14(20)19-7-5-11(6-8-19)16(18)22/h1-4,11H,5-10H2,(H2,18,22). The van der Waals surface area contributed by atoms with Crippen LogP contribution in [-0.2, 0) is 19.1 Å². The second-order valence-corrected chi connectivity index (χ2v) is 6.38. The molecule has 1 aromatic carbocycles. The molecule has 0 bridgehead atoms. The Balaban J connectivity index is 1.67. The number of nitrogens with two attached hydrogens (primary N) is 1. The zero-order valence-corrected chi connectivity index (χ0v) is 14.7. The van der Waals surface area contributed by atoms with E-state index in [1.807, 2.05) is 0 Å². The lowest BCUT2D eigenvalue weighted by atomic mass is 9.96. The van der Waals surface area contributed by atoms with Crippen molar-refractivity contribution in [2.24, 2.45) is 11.7 Å². The van der Waals surface area contributed by atoms with E-state index in [9.17, 15) is 14.4 Å². The van der Waals surface area contributed by atoms with E-state index < -0.39 is 5.97 Å². The average molecular weight is 399 g/mol. The predicted octanol–water partition coefficient (Wildman–Crippen LogP) is 1.09. The summed E-state index contributed by atoms with van der Waals surface area (Å²) in [7, 11) is 0. The molecule has 0 saturated carbocycles. The van der Waals surface area contributed by atoms with Crippen LogP contribution >= 0.6 is 15.9 Å². The summed E-state index contributed by atoms with van der Waals surface area (Å²) in [5.74, 6) is -0.877. The van der Waals surface area contributed by atoms with Crippen molar-refractivity contribution < 1.29 is 23.9 Å². The lowest BCUT2D eigenvalue weighted by Gasteiger charge is -2.30. The van der Waals surface area contributed by atoms with Crippen LogP contribution < -0.4 is 10.5 Å². The summed E-state index contributed by atoms with van der Waals surface area (Å²) >= 11 is 3.30. The number of carbonyl (C=O) groups excluding carboxylic acids is 3. The molecule has 0 unspecified atom stereocenters. The van der Waals surface area contributed by atoms with Gasteiger partial charge in [-0.3, -0.25) is 9.59 Å². The first kappa shape index (κ1) is 18.3. The molecule has 8 heteroatoms. The number of halogens is 1. The number of likely N-dealkylation sites (tertiary alicyclic amines) is 1. The molecule has 1 aromatic rings. The van der Waals surface area contributed by atoms with Crippen molar-refractivity contribution in [2.45, 2.75) is 12.8 Å². The van der Waals surface area contributed by atoms with Crippen LogP contribution in [0.5, 0.6) is 5.75 Å². The Kier molecular flexibility index (Phi) is 6.60. The normalized spacial score (nSPS) is 15.0. The molecule has 0 aromatic heterocycles. The third kappa shape index (κ3) is 5.52. The molecule has 1 aliphatic heterocycles. The van der Waals surface area contributed by atoms with Crippen LogP contribution in [0, 0.1) is 5.92 Å². The summed E-state index contributed by atoms with van der Waals surface area (Å²) in [6.45, 7) is 0.293. The van der Waals surface area contributed by atoms with Crippen molar-refractivity contribution in [3.63, 3.8) is 0 Å². The molecule has 130 valence electrons. The molecule has 7 nitrogen and oxygen atoms in total. The molecule has 0 spiro atoms. The number of amides is 2. The summed E-state index contributed by atoms with van der Waals surface area (Å²) < 4.78 is 11.1. The summed E-state index contributed by atoms with van der Waals surface area (Å²) in [4.78, 5) is 36.3. The fourth-order valence-corrected chi connectivity index (χ4v) is 2.63. The van der Waals surface area contributed by atoms with Crippen LogP contribution in [0.25, 0.3) is 0 Å². The van der Waals surface area contributed by atoms with Gasteiger partial charge in [-0.1, -0.05) is 15.9 Å². The van der Waals surface area contributed by atoms with Gasteiger partial charge in [0.15, 0.2) is 13.2 Å². The van der Waals surface area contributed by atoms with E-state index >= 15 is 0 Å². The smallest absolute Gasteiger partial charge is 0.344 e. The number of nitrogens with zero attached hydrogens (tertiary/aromatic N) is 1. The summed E-state index contributed by atoms with van der Waals surface area (Å²) in [6, 6.07) is 7.01. The largest absolute Gasteiger partial charge is 0.482 e. The number of piperidine rings is 1. The third-order valence-corrected chi connectivity index (χ3v) is 4.31. The topological polar surface area (TPSA) is 98.9 Å². The number of esters is 1. The van der Waals surface area contributed by atoms with Gasteiger partial charge in [0.1, 0.15) is 5.75 Å². The highest BCUT2D eigenvalue weighted by Crippen LogP contribution is 2.17. The molecular weight excluding hydrogens is 380 g/mol.